The summed E-state index contributed by atoms with van der Waals surface area (Å²) in [6.45, 7) is 4.23. The second-order valence-corrected chi connectivity index (χ2v) is 6.76. The van der Waals surface area contributed by atoms with E-state index < -0.39 is 30.0 Å². The second-order valence-electron chi connectivity index (χ2n) is 6.76. The Kier molecular flexibility index (Phi) is 7.14. The highest BCUT2D eigenvalue weighted by Gasteiger charge is 2.33. The van der Waals surface area contributed by atoms with E-state index in [1.807, 2.05) is 18.2 Å². The van der Waals surface area contributed by atoms with Crippen molar-refractivity contribution in [3.8, 4) is 5.75 Å². The van der Waals surface area contributed by atoms with Crippen LogP contribution in [0.5, 0.6) is 5.75 Å². The number of para-hydroxylation sites is 1. The van der Waals surface area contributed by atoms with Crippen molar-refractivity contribution >= 4 is 16.8 Å². The number of hydrogen-bond acceptors (Lipinski definition) is 5. The van der Waals surface area contributed by atoms with Gasteiger partial charge in [-0.2, -0.15) is 0 Å². The summed E-state index contributed by atoms with van der Waals surface area (Å²) in [5.74, 6) is -2.51. The van der Waals surface area contributed by atoms with Crippen LogP contribution >= 0.6 is 0 Å². The first kappa shape index (κ1) is 23.3. The molecule has 6 nitrogen and oxygen atoms in total. The first-order chi connectivity index (χ1) is 15.2. The standard InChI is InChI=1S/C22H20F4N2O4/c1-3-16(10-18(23)14(2)32-22(24,25)26)28-11-17(30-13-20(28)29)12-31-19-8-4-6-15-7-5-9-27-21(15)19/h3-10,17H,2,11-13H2,1H3/b16-3+,18-10+. The van der Waals surface area contributed by atoms with E-state index in [4.69, 9.17) is 9.47 Å². The quantitative estimate of drug-likeness (QED) is 0.348. The molecule has 1 unspecified atom stereocenters. The van der Waals surface area contributed by atoms with Crippen LogP contribution in [0.2, 0.25) is 0 Å². The highest BCUT2D eigenvalue weighted by Crippen LogP contribution is 2.27. The van der Waals surface area contributed by atoms with Gasteiger partial charge in [-0.1, -0.05) is 30.9 Å². The van der Waals surface area contributed by atoms with Crippen molar-refractivity contribution in [2.45, 2.75) is 19.4 Å². The number of pyridine rings is 1. The maximum absolute atomic E-state index is 14.2. The molecule has 3 rings (SSSR count). The molecule has 2 aromatic rings. The molecule has 0 spiro atoms. The number of allylic oxidation sites excluding steroid dienone is 3. The fourth-order valence-corrected chi connectivity index (χ4v) is 3.07. The van der Waals surface area contributed by atoms with Crippen LogP contribution in [0.15, 0.2) is 72.5 Å². The van der Waals surface area contributed by atoms with Crippen LogP contribution in [0.3, 0.4) is 0 Å². The topological polar surface area (TPSA) is 60.9 Å². The minimum Gasteiger partial charge on any atom is -0.489 e. The number of alkyl halides is 3. The Bertz CT molecular complexity index is 1060. The van der Waals surface area contributed by atoms with Gasteiger partial charge in [0.2, 0.25) is 0 Å². The van der Waals surface area contributed by atoms with Crippen LogP contribution in [0.4, 0.5) is 17.6 Å². The van der Waals surface area contributed by atoms with Crippen molar-refractivity contribution in [2.75, 3.05) is 19.8 Å². The molecule has 1 aliphatic heterocycles. The van der Waals surface area contributed by atoms with E-state index in [0.717, 1.165) is 11.5 Å². The van der Waals surface area contributed by atoms with Gasteiger partial charge in [0, 0.05) is 23.4 Å². The van der Waals surface area contributed by atoms with Gasteiger partial charge in [-0.3, -0.25) is 9.78 Å². The predicted octanol–water partition coefficient (Wildman–Crippen LogP) is 4.65. The molecular weight excluding hydrogens is 432 g/mol. The summed E-state index contributed by atoms with van der Waals surface area (Å²) in [5, 5.41) is 0.893. The second kappa shape index (κ2) is 9.82. The minimum atomic E-state index is -5.08. The average Bonchev–Trinajstić information content (AvgIpc) is 2.75. The molecule has 1 atom stereocenters. The van der Waals surface area contributed by atoms with Gasteiger partial charge in [0.25, 0.3) is 5.91 Å². The number of carbonyl (C=O) groups excluding carboxylic acids is 1. The smallest absolute Gasteiger partial charge is 0.489 e. The third-order valence-electron chi connectivity index (χ3n) is 4.54. The van der Waals surface area contributed by atoms with E-state index in [2.05, 4.69) is 16.3 Å². The minimum absolute atomic E-state index is 0.00703. The van der Waals surface area contributed by atoms with Gasteiger partial charge < -0.3 is 19.1 Å². The van der Waals surface area contributed by atoms with E-state index >= 15 is 0 Å². The van der Waals surface area contributed by atoms with E-state index in [0.29, 0.717) is 11.3 Å². The average molecular weight is 452 g/mol. The molecule has 10 heteroatoms. The number of fused-ring (bicyclic) bond motifs is 1. The number of aromatic nitrogens is 1. The van der Waals surface area contributed by atoms with Gasteiger partial charge in [0.15, 0.2) is 11.6 Å². The van der Waals surface area contributed by atoms with E-state index in [1.165, 1.54) is 17.9 Å². The molecule has 1 aromatic heterocycles. The fraction of sp³-hybridized carbons (Fsp3) is 0.273. The van der Waals surface area contributed by atoms with Crippen molar-refractivity contribution in [1.82, 2.24) is 9.88 Å². The lowest BCUT2D eigenvalue weighted by atomic mass is 10.2. The van der Waals surface area contributed by atoms with Gasteiger partial charge in [-0.05, 0) is 19.1 Å². The van der Waals surface area contributed by atoms with Crippen LogP contribution < -0.4 is 4.74 Å². The number of nitrogens with zero attached hydrogens (tertiary/aromatic N) is 2. The molecule has 1 aliphatic rings. The SMILES string of the molecule is C=C(OC(F)(F)F)/C(F)=C\C(=C/C)N1CC(COc2cccc3cccnc23)OCC1=O. The number of halogens is 4. The number of ether oxygens (including phenoxy) is 3. The van der Waals surface area contributed by atoms with Crippen LogP contribution in [0.1, 0.15) is 6.92 Å². The number of rotatable bonds is 7. The van der Waals surface area contributed by atoms with E-state index in [9.17, 15) is 22.4 Å². The number of morpholine rings is 1. The van der Waals surface area contributed by atoms with Crippen LogP contribution in [0.25, 0.3) is 10.9 Å². The number of benzene rings is 1. The third-order valence-corrected chi connectivity index (χ3v) is 4.54. The summed E-state index contributed by atoms with van der Waals surface area (Å²) in [7, 11) is 0. The Morgan fingerprint density at radius 3 is 2.81 bits per heavy atom. The zero-order chi connectivity index (χ0) is 23.3. The van der Waals surface area contributed by atoms with Crippen molar-refractivity contribution in [2.24, 2.45) is 0 Å². The van der Waals surface area contributed by atoms with Crippen molar-refractivity contribution < 1.29 is 36.6 Å². The van der Waals surface area contributed by atoms with Crippen molar-refractivity contribution in [3.63, 3.8) is 0 Å². The third kappa shape index (κ3) is 5.85. The molecule has 0 aliphatic carbocycles. The number of hydrogen-bond donors (Lipinski definition) is 0. The molecular formula is C22H20F4N2O4. The van der Waals surface area contributed by atoms with Crippen LogP contribution in [-0.2, 0) is 14.3 Å². The summed E-state index contributed by atoms with van der Waals surface area (Å²) >= 11 is 0. The van der Waals surface area contributed by atoms with Crippen molar-refractivity contribution in [3.05, 3.63) is 72.5 Å². The predicted molar refractivity (Wildman–Crippen MR) is 108 cm³/mol. The monoisotopic (exact) mass is 452 g/mol. The highest BCUT2D eigenvalue weighted by molar-refractivity contribution is 5.84. The van der Waals surface area contributed by atoms with Crippen LogP contribution in [-0.4, -0.2) is 48.0 Å². The summed E-state index contributed by atoms with van der Waals surface area (Å²) < 4.78 is 65.8. The zero-order valence-corrected chi connectivity index (χ0v) is 17.1. The van der Waals surface area contributed by atoms with E-state index in [1.54, 1.807) is 18.3 Å². The zero-order valence-electron chi connectivity index (χ0n) is 17.1. The molecule has 32 heavy (non-hydrogen) atoms. The Morgan fingerprint density at radius 2 is 2.09 bits per heavy atom. The summed E-state index contributed by atoms with van der Waals surface area (Å²) in [5.41, 5.74) is 0.709. The maximum Gasteiger partial charge on any atom is 0.573 e. The maximum atomic E-state index is 14.2. The number of amides is 1. The molecule has 0 radical (unpaired) electrons. The fourth-order valence-electron chi connectivity index (χ4n) is 3.07. The molecule has 1 aromatic carbocycles. The Labute approximate surface area is 181 Å². The Balaban J connectivity index is 1.69. The summed E-state index contributed by atoms with van der Waals surface area (Å²) in [6, 6.07) is 9.16. The van der Waals surface area contributed by atoms with Gasteiger partial charge in [0.1, 0.15) is 30.6 Å². The van der Waals surface area contributed by atoms with Crippen molar-refractivity contribution in [1.29, 1.82) is 0 Å². The van der Waals surface area contributed by atoms with Gasteiger partial charge in [-0.25, -0.2) is 4.39 Å². The lowest BCUT2D eigenvalue weighted by Crippen LogP contribution is -2.47. The molecule has 0 bridgehead atoms. The lowest BCUT2D eigenvalue weighted by Gasteiger charge is -2.33. The van der Waals surface area contributed by atoms with Gasteiger partial charge >= 0.3 is 6.36 Å². The normalized spacial score (nSPS) is 18.1. The van der Waals surface area contributed by atoms with Gasteiger partial charge in [-0.15, -0.1) is 13.2 Å². The molecule has 0 saturated carbocycles. The molecule has 1 amide bonds. The molecule has 0 N–H and O–H groups in total. The Hall–Kier alpha value is -3.40. The molecule has 1 saturated heterocycles. The molecule has 2 heterocycles. The number of carbonyl (C=O) groups is 1. The highest BCUT2D eigenvalue weighted by atomic mass is 19.4. The first-order valence-electron chi connectivity index (χ1n) is 9.55. The van der Waals surface area contributed by atoms with Crippen LogP contribution in [0, 0.1) is 0 Å². The lowest BCUT2D eigenvalue weighted by molar-refractivity contribution is -0.304. The first-order valence-corrected chi connectivity index (χ1v) is 9.55. The summed E-state index contributed by atoms with van der Waals surface area (Å²) in [4.78, 5) is 17.8. The van der Waals surface area contributed by atoms with Gasteiger partial charge in [0.05, 0.1) is 6.54 Å². The Morgan fingerprint density at radius 1 is 1.34 bits per heavy atom. The molecule has 1 fully saturated rings. The molecule has 170 valence electrons. The summed E-state index contributed by atoms with van der Waals surface area (Å²) in [6.07, 6.45) is -1.86. The van der Waals surface area contributed by atoms with E-state index in [-0.39, 0.29) is 25.5 Å². The largest absolute Gasteiger partial charge is 0.573 e.